The van der Waals surface area contributed by atoms with Crippen molar-refractivity contribution in [3.05, 3.63) is 82.2 Å². The minimum atomic E-state index is 0.213. The fourth-order valence-electron chi connectivity index (χ4n) is 4.05. The summed E-state index contributed by atoms with van der Waals surface area (Å²) in [6.07, 6.45) is 1.41. The van der Waals surface area contributed by atoms with Crippen LogP contribution in [0.25, 0.3) is 5.69 Å². The Balaban J connectivity index is 1.72. The first-order valence-corrected chi connectivity index (χ1v) is 9.72. The molecule has 0 bridgehead atoms. The van der Waals surface area contributed by atoms with Gasteiger partial charge in [-0.3, -0.25) is 4.79 Å². The molecular weight excluding hydrogens is 332 g/mol. The highest BCUT2D eigenvalue weighted by Gasteiger charge is 2.32. The van der Waals surface area contributed by atoms with Gasteiger partial charge in [0, 0.05) is 6.42 Å². The van der Waals surface area contributed by atoms with Crippen LogP contribution in [0.3, 0.4) is 0 Å². The first-order chi connectivity index (χ1) is 12.9. The number of Topliss-reactive ketones (excluding diaryl/α,β-unsaturated/α-hetero) is 1. The van der Waals surface area contributed by atoms with E-state index in [0.29, 0.717) is 12.3 Å². The van der Waals surface area contributed by atoms with Crippen molar-refractivity contribution in [3.63, 3.8) is 0 Å². The Hall–Kier alpha value is -2.68. The van der Waals surface area contributed by atoms with Crippen LogP contribution in [0.1, 0.15) is 70.5 Å². The molecule has 3 heteroatoms. The number of hydrogen-bond acceptors (Lipinski definition) is 2. The van der Waals surface area contributed by atoms with Crippen molar-refractivity contribution in [2.45, 2.75) is 52.4 Å². The molecule has 1 aliphatic rings. The molecule has 4 rings (SSSR count). The van der Waals surface area contributed by atoms with E-state index in [1.807, 2.05) is 11.6 Å². The maximum Gasteiger partial charge on any atom is 0.167 e. The first kappa shape index (κ1) is 17.7. The SMILES string of the molecule is Cc1ccc(-n2nc(C)c3c2C[C@H](c2ccc(C(C)C)cc2)CC3=O)cc1. The Morgan fingerprint density at radius 2 is 1.63 bits per heavy atom. The number of ketones is 1. The molecule has 0 saturated carbocycles. The molecule has 3 nitrogen and oxygen atoms in total. The average molecular weight is 358 g/mol. The van der Waals surface area contributed by atoms with E-state index in [4.69, 9.17) is 5.10 Å². The summed E-state index contributed by atoms with van der Waals surface area (Å²) in [7, 11) is 0. The number of rotatable bonds is 3. The Morgan fingerprint density at radius 3 is 2.26 bits per heavy atom. The summed E-state index contributed by atoms with van der Waals surface area (Å²) in [6, 6.07) is 17.1. The van der Waals surface area contributed by atoms with Gasteiger partial charge in [0.05, 0.1) is 22.6 Å². The summed E-state index contributed by atoms with van der Waals surface area (Å²) < 4.78 is 1.97. The topological polar surface area (TPSA) is 34.9 Å². The lowest BCUT2D eigenvalue weighted by molar-refractivity contribution is 0.0963. The molecule has 0 spiro atoms. The molecule has 2 aromatic carbocycles. The highest BCUT2D eigenvalue weighted by molar-refractivity contribution is 6.00. The number of nitrogens with zero attached hydrogens (tertiary/aromatic N) is 2. The van der Waals surface area contributed by atoms with Gasteiger partial charge in [-0.15, -0.1) is 0 Å². The molecule has 0 N–H and O–H groups in total. The van der Waals surface area contributed by atoms with E-state index >= 15 is 0 Å². The summed E-state index contributed by atoms with van der Waals surface area (Å²) in [4.78, 5) is 12.9. The molecule has 1 heterocycles. The summed E-state index contributed by atoms with van der Waals surface area (Å²) in [6.45, 7) is 8.43. The molecule has 1 aliphatic carbocycles. The monoisotopic (exact) mass is 358 g/mol. The third kappa shape index (κ3) is 3.23. The molecule has 3 aromatic rings. The molecule has 0 unspecified atom stereocenters. The summed E-state index contributed by atoms with van der Waals surface area (Å²) >= 11 is 0. The zero-order chi connectivity index (χ0) is 19.1. The quantitative estimate of drug-likeness (QED) is 0.617. The fraction of sp³-hybridized carbons (Fsp3) is 0.333. The molecule has 0 amide bonds. The van der Waals surface area contributed by atoms with Gasteiger partial charge in [0.1, 0.15) is 0 Å². The van der Waals surface area contributed by atoms with E-state index in [-0.39, 0.29) is 11.7 Å². The van der Waals surface area contributed by atoms with Crippen LogP contribution in [0.2, 0.25) is 0 Å². The second-order valence-electron chi connectivity index (χ2n) is 8.00. The molecule has 0 fully saturated rings. The molecule has 138 valence electrons. The molecule has 0 radical (unpaired) electrons. The van der Waals surface area contributed by atoms with Crippen molar-refractivity contribution < 1.29 is 4.79 Å². The second kappa shape index (κ2) is 6.80. The van der Waals surface area contributed by atoms with Crippen LogP contribution >= 0.6 is 0 Å². The minimum absolute atomic E-state index is 0.213. The molecular formula is C24H26N2O. The van der Waals surface area contributed by atoms with Crippen LogP contribution in [-0.2, 0) is 6.42 Å². The van der Waals surface area contributed by atoms with E-state index in [9.17, 15) is 4.79 Å². The normalized spacial score (nSPS) is 16.6. The van der Waals surface area contributed by atoms with Crippen molar-refractivity contribution >= 4 is 5.78 Å². The largest absolute Gasteiger partial charge is 0.294 e. The lowest BCUT2D eigenvalue weighted by Gasteiger charge is -2.23. The van der Waals surface area contributed by atoms with E-state index in [0.717, 1.165) is 29.1 Å². The van der Waals surface area contributed by atoms with E-state index in [2.05, 4.69) is 69.3 Å². The van der Waals surface area contributed by atoms with Crippen molar-refractivity contribution in [2.75, 3.05) is 0 Å². The zero-order valence-electron chi connectivity index (χ0n) is 16.5. The van der Waals surface area contributed by atoms with E-state index in [1.54, 1.807) is 0 Å². The number of carbonyl (C=O) groups excluding carboxylic acids is 1. The van der Waals surface area contributed by atoms with Gasteiger partial charge in [-0.2, -0.15) is 5.10 Å². The van der Waals surface area contributed by atoms with E-state index in [1.165, 1.54) is 16.7 Å². The lowest BCUT2D eigenvalue weighted by atomic mass is 9.81. The van der Waals surface area contributed by atoms with Crippen LogP contribution in [0.5, 0.6) is 0 Å². The number of carbonyl (C=O) groups is 1. The highest BCUT2D eigenvalue weighted by atomic mass is 16.1. The predicted molar refractivity (Wildman–Crippen MR) is 109 cm³/mol. The second-order valence-corrected chi connectivity index (χ2v) is 8.00. The zero-order valence-corrected chi connectivity index (χ0v) is 16.5. The number of hydrogen-bond donors (Lipinski definition) is 0. The number of benzene rings is 2. The summed E-state index contributed by atoms with van der Waals surface area (Å²) in [5.74, 6) is 0.945. The third-order valence-electron chi connectivity index (χ3n) is 5.66. The van der Waals surface area contributed by atoms with Gasteiger partial charge in [0.15, 0.2) is 5.78 Å². The minimum Gasteiger partial charge on any atom is -0.294 e. The summed E-state index contributed by atoms with van der Waals surface area (Å²) in [5.41, 5.74) is 7.53. The van der Waals surface area contributed by atoms with E-state index < -0.39 is 0 Å². The van der Waals surface area contributed by atoms with Gasteiger partial charge in [-0.25, -0.2) is 4.68 Å². The van der Waals surface area contributed by atoms with Crippen LogP contribution in [-0.4, -0.2) is 15.6 Å². The van der Waals surface area contributed by atoms with Crippen molar-refractivity contribution in [1.82, 2.24) is 9.78 Å². The fourth-order valence-corrected chi connectivity index (χ4v) is 4.05. The third-order valence-corrected chi connectivity index (χ3v) is 5.66. The molecule has 1 aromatic heterocycles. The molecule has 27 heavy (non-hydrogen) atoms. The van der Waals surface area contributed by atoms with Crippen molar-refractivity contribution in [3.8, 4) is 5.69 Å². The smallest absolute Gasteiger partial charge is 0.167 e. The lowest BCUT2D eigenvalue weighted by Crippen LogP contribution is -2.20. The predicted octanol–water partition coefficient (Wildman–Crippen LogP) is 5.53. The van der Waals surface area contributed by atoms with Crippen LogP contribution in [0, 0.1) is 13.8 Å². The van der Waals surface area contributed by atoms with Gasteiger partial charge in [-0.1, -0.05) is 55.8 Å². The van der Waals surface area contributed by atoms with Crippen LogP contribution in [0.4, 0.5) is 0 Å². The Labute approximate surface area is 161 Å². The van der Waals surface area contributed by atoms with Crippen molar-refractivity contribution in [2.24, 2.45) is 0 Å². The maximum absolute atomic E-state index is 12.9. The Morgan fingerprint density at radius 1 is 0.963 bits per heavy atom. The van der Waals surface area contributed by atoms with Gasteiger partial charge in [0.2, 0.25) is 0 Å². The van der Waals surface area contributed by atoms with Crippen LogP contribution < -0.4 is 0 Å². The molecule has 0 saturated heterocycles. The number of fused-ring (bicyclic) bond motifs is 1. The van der Waals surface area contributed by atoms with Gasteiger partial charge in [0.25, 0.3) is 0 Å². The Kier molecular flexibility index (Phi) is 4.47. The molecule has 1 atom stereocenters. The maximum atomic E-state index is 12.9. The van der Waals surface area contributed by atoms with Crippen molar-refractivity contribution in [1.29, 1.82) is 0 Å². The van der Waals surface area contributed by atoms with Gasteiger partial charge >= 0.3 is 0 Å². The standard InChI is InChI=1S/C24H26N2O/c1-15(2)18-7-9-19(10-8-18)20-13-22-24(23(27)14-20)17(4)25-26(22)21-11-5-16(3)6-12-21/h5-12,15,20H,13-14H2,1-4H3/t20-/m0/s1. The highest BCUT2D eigenvalue weighted by Crippen LogP contribution is 2.35. The average Bonchev–Trinajstić information content (AvgIpc) is 2.99. The number of aryl methyl sites for hydroxylation is 2. The first-order valence-electron chi connectivity index (χ1n) is 9.72. The number of aromatic nitrogens is 2. The van der Waals surface area contributed by atoms with Gasteiger partial charge in [-0.05, 0) is 55.4 Å². The Bertz CT molecular complexity index is 978. The van der Waals surface area contributed by atoms with Crippen LogP contribution in [0.15, 0.2) is 48.5 Å². The van der Waals surface area contributed by atoms with Gasteiger partial charge < -0.3 is 0 Å². The molecule has 0 aliphatic heterocycles. The summed E-state index contributed by atoms with van der Waals surface area (Å²) in [5, 5.41) is 4.70.